The van der Waals surface area contributed by atoms with Gasteiger partial charge in [-0.05, 0) is 43.6 Å². The predicted molar refractivity (Wildman–Crippen MR) is 111 cm³/mol. The molecule has 7 nitrogen and oxygen atoms in total. The summed E-state index contributed by atoms with van der Waals surface area (Å²) in [5.41, 5.74) is 1.15. The highest BCUT2D eigenvalue weighted by atomic mass is 35.5. The maximum atomic E-state index is 13.1. The first kappa shape index (κ1) is 21.5. The number of aliphatic hydroxyl groups is 1. The number of carbonyl (C=O) groups excluding carboxylic acids is 1. The minimum absolute atomic E-state index is 0.00321. The van der Waals surface area contributed by atoms with Crippen LogP contribution in [0.2, 0.25) is 5.02 Å². The molecule has 28 heavy (non-hydrogen) atoms. The monoisotopic (exact) mass is 404 g/mol. The van der Waals surface area contributed by atoms with Gasteiger partial charge in [-0.2, -0.15) is 0 Å². The summed E-state index contributed by atoms with van der Waals surface area (Å²) in [5.74, 6) is 0.708. The van der Waals surface area contributed by atoms with E-state index in [4.69, 9.17) is 21.4 Å². The number of ether oxygens (including phenoxy) is 1. The van der Waals surface area contributed by atoms with Crippen LogP contribution in [0.1, 0.15) is 12.0 Å². The zero-order valence-corrected chi connectivity index (χ0v) is 16.9. The molecule has 0 aliphatic carbocycles. The van der Waals surface area contributed by atoms with Crippen LogP contribution < -0.4 is 0 Å². The second-order valence-corrected chi connectivity index (χ2v) is 6.61. The molecule has 1 aliphatic rings. The number of halogens is 1. The molecule has 1 N–H and O–H groups in total. The van der Waals surface area contributed by atoms with Crippen molar-refractivity contribution >= 4 is 30.0 Å². The Morgan fingerprint density at radius 2 is 2.07 bits per heavy atom. The predicted octanol–water partition coefficient (Wildman–Crippen LogP) is 2.71. The molecule has 0 unspecified atom stereocenters. The van der Waals surface area contributed by atoms with Gasteiger partial charge in [0.05, 0.1) is 6.20 Å². The minimum atomic E-state index is -0.262. The third-order valence-corrected chi connectivity index (χ3v) is 4.47. The molecule has 0 fully saturated rings. The lowest BCUT2D eigenvalue weighted by molar-refractivity contribution is -0.127. The lowest BCUT2D eigenvalue weighted by Gasteiger charge is -2.27. The molecule has 0 atom stereocenters. The molecule has 1 amide bonds. The van der Waals surface area contributed by atoms with Crippen LogP contribution in [0.25, 0.3) is 5.76 Å². The Hall–Kier alpha value is -2.77. The standard InChI is InChI=1S/C20H25ClN4O3/c1-5-23(3)19(22-2)18(20(27)24(4)11-6-12-26)25-13-17(28-14-25)15-7-9-16(21)10-8-15/h5,7-10,13,26H,1-2,6,11-12,14H2,3-4H3/b19-18+. The Morgan fingerprint density at radius 1 is 1.39 bits per heavy atom. The Bertz CT molecular complexity index is 789. The molecule has 2 rings (SSSR count). The van der Waals surface area contributed by atoms with Crippen molar-refractivity contribution in [3.8, 4) is 0 Å². The fourth-order valence-corrected chi connectivity index (χ4v) is 2.76. The normalized spacial score (nSPS) is 14.0. The molecular weight excluding hydrogens is 380 g/mol. The molecule has 8 heteroatoms. The Morgan fingerprint density at radius 3 is 2.64 bits per heavy atom. The van der Waals surface area contributed by atoms with Gasteiger partial charge in [0, 0.05) is 37.8 Å². The number of aliphatic imine (C=N–C) groups is 1. The average molecular weight is 405 g/mol. The lowest BCUT2D eigenvalue weighted by Crippen LogP contribution is -2.37. The molecule has 0 saturated carbocycles. The van der Waals surface area contributed by atoms with Crippen LogP contribution in [0.4, 0.5) is 0 Å². The van der Waals surface area contributed by atoms with Crippen LogP contribution >= 0.6 is 11.6 Å². The lowest BCUT2D eigenvalue weighted by atomic mass is 10.2. The molecule has 0 aromatic heterocycles. The SMILES string of the molecule is C=CN(C)/C(N=C)=C(\C(=O)N(C)CCCO)N1C=C(c2ccc(Cl)cc2)OC1. The third-order valence-electron chi connectivity index (χ3n) is 4.22. The zero-order chi connectivity index (χ0) is 20.7. The van der Waals surface area contributed by atoms with Gasteiger partial charge >= 0.3 is 0 Å². The first-order valence-electron chi connectivity index (χ1n) is 8.72. The van der Waals surface area contributed by atoms with E-state index in [-0.39, 0.29) is 19.2 Å². The zero-order valence-electron chi connectivity index (χ0n) is 16.1. The molecule has 150 valence electrons. The van der Waals surface area contributed by atoms with Crippen LogP contribution in [0.5, 0.6) is 0 Å². The van der Waals surface area contributed by atoms with E-state index in [0.717, 1.165) is 5.56 Å². The van der Waals surface area contributed by atoms with E-state index >= 15 is 0 Å². The third kappa shape index (κ3) is 4.94. The van der Waals surface area contributed by atoms with Crippen LogP contribution in [-0.2, 0) is 9.53 Å². The fourth-order valence-electron chi connectivity index (χ4n) is 2.63. The molecule has 1 aromatic rings. The molecular formula is C20H25ClN4O3. The van der Waals surface area contributed by atoms with Crippen molar-refractivity contribution in [2.24, 2.45) is 4.99 Å². The van der Waals surface area contributed by atoms with E-state index in [1.54, 1.807) is 48.4 Å². The van der Waals surface area contributed by atoms with Crippen molar-refractivity contribution in [3.05, 3.63) is 65.3 Å². The largest absolute Gasteiger partial charge is 0.471 e. The van der Waals surface area contributed by atoms with E-state index in [1.165, 1.54) is 4.90 Å². The number of nitrogens with zero attached hydrogens (tertiary/aromatic N) is 4. The Kier molecular flexibility index (Phi) is 7.66. The number of amides is 1. The van der Waals surface area contributed by atoms with Gasteiger partial charge in [-0.3, -0.25) is 4.79 Å². The van der Waals surface area contributed by atoms with E-state index in [2.05, 4.69) is 18.3 Å². The first-order chi connectivity index (χ1) is 13.4. The number of benzene rings is 1. The van der Waals surface area contributed by atoms with Crippen molar-refractivity contribution in [1.82, 2.24) is 14.7 Å². The van der Waals surface area contributed by atoms with Crippen molar-refractivity contribution in [3.63, 3.8) is 0 Å². The second kappa shape index (κ2) is 9.96. The van der Waals surface area contributed by atoms with Crippen molar-refractivity contribution in [2.75, 3.05) is 34.0 Å². The molecule has 0 radical (unpaired) electrons. The fraction of sp³-hybridized carbons (Fsp3) is 0.300. The smallest absolute Gasteiger partial charge is 0.274 e. The summed E-state index contributed by atoms with van der Waals surface area (Å²) in [6.07, 6.45) is 3.77. The Labute approximate surface area is 170 Å². The second-order valence-electron chi connectivity index (χ2n) is 6.17. The number of carbonyl (C=O) groups is 1. The van der Waals surface area contributed by atoms with Crippen molar-refractivity contribution < 1.29 is 14.6 Å². The van der Waals surface area contributed by atoms with Crippen molar-refractivity contribution in [1.29, 1.82) is 0 Å². The van der Waals surface area contributed by atoms with Crippen LogP contribution in [-0.4, -0.2) is 66.4 Å². The van der Waals surface area contributed by atoms with Gasteiger partial charge in [-0.15, -0.1) is 0 Å². The quantitative estimate of drug-likeness (QED) is 0.506. The van der Waals surface area contributed by atoms with Crippen LogP contribution in [0.15, 0.2) is 59.8 Å². The van der Waals surface area contributed by atoms with Gasteiger partial charge in [-0.1, -0.05) is 18.2 Å². The number of rotatable bonds is 9. The highest BCUT2D eigenvalue weighted by Gasteiger charge is 2.29. The molecule has 0 bridgehead atoms. The number of likely N-dealkylation sites (N-methyl/N-ethyl adjacent to an activating group) is 1. The van der Waals surface area contributed by atoms with Gasteiger partial charge in [-0.25, -0.2) is 4.99 Å². The summed E-state index contributed by atoms with van der Waals surface area (Å²) < 4.78 is 5.78. The summed E-state index contributed by atoms with van der Waals surface area (Å²) in [6, 6.07) is 7.24. The molecule has 1 heterocycles. The van der Waals surface area contributed by atoms with E-state index < -0.39 is 0 Å². The molecule has 0 spiro atoms. The number of hydrogen-bond donors (Lipinski definition) is 1. The van der Waals surface area contributed by atoms with Gasteiger partial charge in [0.1, 0.15) is 5.76 Å². The minimum Gasteiger partial charge on any atom is -0.471 e. The molecule has 1 aliphatic heterocycles. The van der Waals surface area contributed by atoms with Gasteiger partial charge in [0.25, 0.3) is 5.91 Å². The summed E-state index contributed by atoms with van der Waals surface area (Å²) >= 11 is 5.95. The Balaban J connectivity index is 2.43. The first-order valence-corrected chi connectivity index (χ1v) is 9.10. The molecule has 1 aromatic carbocycles. The summed E-state index contributed by atoms with van der Waals surface area (Å²) in [6.45, 7) is 7.89. The maximum Gasteiger partial charge on any atom is 0.274 e. The van der Waals surface area contributed by atoms with E-state index in [0.29, 0.717) is 35.3 Å². The van der Waals surface area contributed by atoms with E-state index in [1.807, 2.05) is 12.1 Å². The molecule has 0 saturated heterocycles. The average Bonchev–Trinajstić information content (AvgIpc) is 3.19. The van der Waals surface area contributed by atoms with Gasteiger partial charge in [0.2, 0.25) is 0 Å². The number of aliphatic hydroxyl groups excluding tert-OH is 1. The van der Waals surface area contributed by atoms with Gasteiger partial charge < -0.3 is 24.5 Å². The summed E-state index contributed by atoms with van der Waals surface area (Å²) in [7, 11) is 3.41. The highest BCUT2D eigenvalue weighted by molar-refractivity contribution is 6.30. The van der Waals surface area contributed by atoms with E-state index in [9.17, 15) is 4.79 Å². The van der Waals surface area contributed by atoms with Gasteiger partial charge in [0.15, 0.2) is 18.2 Å². The van der Waals surface area contributed by atoms with Crippen LogP contribution in [0, 0.1) is 0 Å². The van der Waals surface area contributed by atoms with Crippen molar-refractivity contribution in [2.45, 2.75) is 6.42 Å². The topological polar surface area (TPSA) is 68.6 Å². The van der Waals surface area contributed by atoms with Crippen LogP contribution in [0.3, 0.4) is 0 Å². The number of hydrogen-bond acceptors (Lipinski definition) is 6. The summed E-state index contributed by atoms with van der Waals surface area (Å²) in [5, 5.41) is 9.69. The maximum absolute atomic E-state index is 13.1. The highest BCUT2D eigenvalue weighted by Crippen LogP contribution is 2.28. The summed E-state index contributed by atoms with van der Waals surface area (Å²) in [4.78, 5) is 22.0.